The number of hydrogen-bond donors (Lipinski definition) is 1. The van der Waals surface area contributed by atoms with Gasteiger partial charge in [-0.15, -0.1) is 0 Å². The molecule has 1 amide bonds. The van der Waals surface area contributed by atoms with E-state index in [9.17, 15) is 4.79 Å². The lowest BCUT2D eigenvalue weighted by Crippen LogP contribution is -2.44. The molecule has 1 N–H and O–H groups in total. The summed E-state index contributed by atoms with van der Waals surface area (Å²) in [5, 5.41) is 0. The standard InChI is InChI=1S/C24H28N4O/c1-17-6-7-21-22(14-17)26-23(25-21)16-27-11-8-19(9-12-27)24(29)28-13-10-18-4-2-3-5-20(18)15-28/h2-7,14,19H,8-13,15-16H2,1H3,(H,25,26). The number of H-pyrrole nitrogens is 1. The summed E-state index contributed by atoms with van der Waals surface area (Å²) < 4.78 is 0. The fourth-order valence-electron chi connectivity index (χ4n) is 4.74. The van der Waals surface area contributed by atoms with E-state index < -0.39 is 0 Å². The number of imidazole rings is 1. The van der Waals surface area contributed by atoms with E-state index >= 15 is 0 Å². The summed E-state index contributed by atoms with van der Waals surface area (Å²) in [6.45, 7) is 6.46. The molecule has 1 saturated heterocycles. The van der Waals surface area contributed by atoms with E-state index in [0.717, 1.165) is 68.8 Å². The van der Waals surface area contributed by atoms with E-state index in [4.69, 9.17) is 4.98 Å². The van der Waals surface area contributed by atoms with Gasteiger partial charge in [-0.25, -0.2) is 4.98 Å². The molecule has 1 fully saturated rings. The third-order valence-electron chi connectivity index (χ3n) is 6.44. The van der Waals surface area contributed by atoms with Crippen LogP contribution in [0.3, 0.4) is 0 Å². The number of fused-ring (bicyclic) bond motifs is 2. The van der Waals surface area contributed by atoms with Crippen LogP contribution in [0.4, 0.5) is 0 Å². The van der Waals surface area contributed by atoms with Crippen LogP contribution in [0.1, 0.15) is 35.4 Å². The first-order valence-corrected chi connectivity index (χ1v) is 10.7. The van der Waals surface area contributed by atoms with Gasteiger partial charge in [-0.3, -0.25) is 9.69 Å². The fraction of sp³-hybridized carbons (Fsp3) is 0.417. The number of nitrogens with one attached hydrogen (secondary N) is 1. The maximum atomic E-state index is 13.1. The third kappa shape index (κ3) is 3.79. The molecular weight excluding hydrogens is 360 g/mol. The Hall–Kier alpha value is -2.66. The Bertz CT molecular complexity index is 1030. The van der Waals surface area contributed by atoms with Crippen LogP contribution in [0.15, 0.2) is 42.5 Å². The number of aryl methyl sites for hydroxylation is 1. The quantitative estimate of drug-likeness (QED) is 0.745. The first kappa shape index (κ1) is 18.4. The van der Waals surface area contributed by atoms with Gasteiger partial charge in [0.05, 0.1) is 17.6 Å². The highest BCUT2D eigenvalue weighted by Crippen LogP contribution is 2.25. The van der Waals surface area contributed by atoms with E-state index in [0.29, 0.717) is 5.91 Å². The van der Waals surface area contributed by atoms with Gasteiger partial charge in [0.2, 0.25) is 5.91 Å². The zero-order valence-electron chi connectivity index (χ0n) is 17.0. The summed E-state index contributed by atoms with van der Waals surface area (Å²) in [6.07, 6.45) is 2.86. The van der Waals surface area contributed by atoms with Crippen LogP contribution >= 0.6 is 0 Å². The molecule has 0 saturated carbocycles. The molecule has 150 valence electrons. The molecule has 0 spiro atoms. The molecule has 0 unspecified atom stereocenters. The minimum Gasteiger partial charge on any atom is -0.341 e. The van der Waals surface area contributed by atoms with Crippen molar-refractivity contribution in [2.45, 2.75) is 39.3 Å². The van der Waals surface area contributed by atoms with Crippen LogP contribution in [-0.4, -0.2) is 45.3 Å². The molecule has 2 aliphatic heterocycles. The molecule has 3 heterocycles. The average Bonchev–Trinajstić information content (AvgIpc) is 3.14. The van der Waals surface area contributed by atoms with Crippen molar-refractivity contribution in [1.82, 2.24) is 19.8 Å². The van der Waals surface area contributed by atoms with Gasteiger partial charge < -0.3 is 9.88 Å². The Morgan fingerprint density at radius 3 is 2.72 bits per heavy atom. The summed E-state index contributed by atoms with van der Waals surface area (Å²) in [6, 6.07) is 14.8. The second-order valence-electron chi connectivity index (χ2n) is 8.53. The molecule has 1 aromatic heterocycles. The Balaban J connectivity index is 1.17. The predicted molar refractivity (Wildman–Crippen MR) is 114 cm³/mol. The van der Waals surface area contributed by atoms with Crippen molar-refractivity contribution in [3.05, 3.63) is 65.0 Å². The summed E-state index contributed by atoms with van der Waals surface area (Å²) in [4.78, 5) is 25.7. The van der Waals surface area contributed by atoms with Crippen LogP contribution in [0.25, 0.3) is 11.0 Å². The van der Waals surface area contributed by atoms with E-state index in [1.807, 2.05) is 0 Å². The van der Waals surface area contributed by atoms with E-state index in [1.165, 1.54) is 16.7 Å². The van der Waals surface area contributed by atoms with Crippen molar-refractivity contribution in [2.75, 3.05) is 19.6 Å². The molecular formula is C24H28N4O. The molecule has 0 bridgehead atoms. The monoisotopic (exact) mass is 388 g/mol. The minimum absolute atomic E-state index is 0.162. The summed E-state index contributed by atoms with van der Waals surface area (Å²) in [5.74, 6) is 1.52. The lowest BCUT2D eigenvalue weighted by Gasteiger charge is -2.35. The summed E-state index contributed by atoms with van der Waals surface area (Å²) in [5.41, 5.74) is 6.08. The molecule has 0 atom stereocenters. The summed E-state index contributed by atoms with van der Waals surface area (Å²) >= 11 is 0. The lowest BCUT2D eigenvalue weighted by molar-refractivity contribution is -0.138. The van der Waals surface area contributed by atoms with Gasteiger partial charge in [0.25, 0.3) is 0 Å². The van der Waals surface area contributed by atoms with Gasteiger partial charge >= 0.3 is 0 Å². The van der Waals surface area contributed by atoms with Crippen molar-refractivity contribution >= 4 is 16.9 Å². The Kier molecular flexibility index (Phi) is 4.84. The van der Waals surface area contributed by atoms with E-state index in [1.54, 1.807) is 0 Å². The molecule has 2 aromatic carbocycles. The number of piperidine rings is 1. The number of carbonyl (C=O) groups is 1. The normalized spacial score (nSPS) is 18.2. The number of hydrogen-bond acceptors (Lipinski definition) is 3. The molecule has 0 radical (unpaired) electrons. The van der Waals surface area contributed by atoms with E-state index in [2.05, 4.69) is 64.2 Å². The van der Waals surface area contributed by atoms with Crippen LogP contribution in [0, 0.1) is 12.8 Å². The number of aromatic amines is 1. The number of likely N-dealkylation sites (tertiary alicyclic amines) is 1. The van der Waals surface area contributed by atoms with Crippen LogP contribution in [-0.2, 0) is 24.3 Å². The zero-order chi connectivity index (χ0) is 19.8. The highest BCUT2D eigenvalue weighted by Gasteiger charge is 2.30. The Morgan fingerprint density at radius 1 is 1.10 bits per heavy atom. The van der Waals surface area contributed by atoms with E-state index in [-0.39, 0.29) is 5.92 Å². The van der Waals surface area contributed by atoms with Crippen molar-refractivity contribution in [3.8, 4) is 0 Å². The molecule has 5 heteroatoms. The second kappa shape index (κ2) is 7.64. The third-order valence-corrected chi connectivity index (χ3v) is 6.44. The first-order chi connectivity index (χ1) is 14.2. The van der Waals surface area contributed by atoms with Gasteiger partial charge in [0.15, 0.2) is 0 Å². The number of nitrogens with zero attached hydrogens (tertiary/aromatic N) is 3. The number of benzene rings is 2. The highest BCUT2D eigenvalue weighted by atomic mass is 16.2. The molecule has 5 rings (SSSR count). The highest BCUT2D eigenvalue weighted by molar-refractivity contribution is 5.79. The summed E-state index contributed by atoms with van der Waals surface area (Å²) in [7, 11) is 0. The van der Waals surface area contributed by atoms with Gasteiger partial charge in [0.1, 0.15) is 5.82 Å². The number of rotatable bonds is 3. The second-order valence-corrected chi connectivity index (χ2v) is 8.53. The van der Waals surface area contributed by atoms with Crippen molar-refractivity contribution in [2.24, 2.45) is 5.92 Å². The molecule has 3 aromatic rings. The van der Waals surface area contributed by atoms with Gasteiger partial charge in [-0.05, 0) is 68.1 Å². The molecule has 29 heavy (non-hydrogen) atoms. The molecule has 0 aliphatic carbocycles. The smallest absolute Gasteiger partial charge is 0.226 e. The predicted octanol–water partition coefficient (Wildman–Crippen LogP) is 3.67. The first-order valence-electron chi connectivity index (χ1n) is 10.7. The average molecular weight is 389 g/mol. The topological polar surface area (TPSA) is 52.2 Å². The van der Waals surface area contributed by atoms with Crippen molar-refractivity contribution < 1.29 is 4.79 Å². The fourth-order valence-corrected chi connectivity index (χ4v) is 4.74. The van der Waals surface area contributed by atoms with Gasteiger partial charge in [-0.1, -0.05) is 30.3 Å². The maximum absolute atomic E-state index is 13.1. The zero-order valence-corrected chi connectivity index (χ0v) is 17.0. The largest absolute Gasteiger partial charge is 0.341 e. The maximum Gasteiger partial charge on any atom is 0.226 e. The van der Waals surface area contributed by atoms with Gasteiger partial charge in [0, 0.05) is 19.0 Å². The molecule has 2 aliphatic rings. The number of aromatic nitrogens is 2. The Morgan fingerprint density at radius 2 is 1.90 bits per heavy atom. The Labute approximate surface area is 171 Å². The van der Waals surface area contributed by atoms with Crippen molar-refractivity contribution in [1.29, 1.82) is 0 Å². The van der Waals surface area contributed by atoms with Gasteiger partial charge in [-0.2, -0.15) is 0 Å². The molecule has 5 nitrogen and oxygen atoms in total. The van der Waals surface area contributed by atoms with Crippen LogP contribution in [0.2, 0.25) is 0 Å². The van der Waals surface area contributed by atoms with Crippen LogP contribution < -0.4 is 0 Å². The van der Waals surface area contributed by atoms with Crippen molar-refractivity contribution in [3.63, 3.8) is 0 Å². The SMILES string of the molecule is Cc1ccc2nc(CN3CCC(C(=O)N4CCc5ccccc5C4)CC3)[nH]c2c1. The number of amides is 1. The number of carbonyl (C=O) groups excluding carboxylic acids is 1. The van der Waals surface area contributed by atoms with Crippen LogP contribution in [0.5, 0.6) is 0 Å². The lowest BCUT2D eigenvalue weighted by atomic mass is 9.93. The minimum atomic E-state index is 0.162.